The molecule has 66 valence electrons. The van der Waals surface area contributed by atoms with Gasteiger partial charge in [-0.25, -0.2) is 0 Å². The number of nitrogens with zero attached hydrogens (tertiary/aromatic N) is 1. The van der Waals surface area contributed by atoms with Crippen molar-refractivity contribution in [2.24, 2.45) is 10.4 Å². The van der Waals surface area contributed by atoms with Crippen molar-refractivity contribution in [3.63, 3.8) is 0 Å². The second kappa shape index (κ2) is 4.50. The Labute approximate surface area is 70.1 Å². The molecule has 0 rings (SSSR count). The molecule has 0 aromatic carbocycles. The van der Waals surface area contributed by atoms with Crippen LogP contribution >= 0.6 is 0 Å². The molecule has 0 bridgehead atoms. The zero-order valence-electron chi connectivity index (χ0n) is 8.31. The molecule has 0 saturated heterocycles. The van der Waals surface area contributed by atoms with Gasteiger partial charge in [0.2, 0.25) is 0 Å². The van der Waals surface area contributed by atoms with Crippen molar-refractivity contribution < 1.29 is 0 Å². The van der Waals surface area contributed by atoms with Crippen LogP contribution in [0.1, 0.15) is 27.7 Å². The van der Waals surface area contributed by atoms with Crippen molar-refractivity contribution in [3.8, 4) is 0 Å². The number of nitrogens with one attached hydrogen (secondary N) is 1. The van der Waals surface area contributed by atoms with Crippen LogP contribution < -0.4 is 5.32 Å². The van der Waals surface area contributed by atoms with Crippen molar-refractivity contribution in [1.29, 1.82) is 0 Å². The lowest BCUT2D eigenvalue weighted by molar-refractivity contribution is 0.498. The van der Waals surface area contributed by atoms with E-state index >= 15 is 0 Å². The van der Waals surface area contributed by atoms with Crippen LogP contribution in [-0.4, -0.2) is 25.8 Å². The molecule has 0 aromatic heterocycles. The highest BCUT2D eigenvalue weighted by molar-refractivity contribution is 5.65. The molecule has 1 N–H and O–H groups in total. The van der Waals surface area contributed by atoms with Gasteiger partial charge in [0.15, 0.2) is 0 Å². The second-order valence-corrected chi connectivity index (χ2v) is 3.89. The highest BCUT2D eigenvalue weighted by Crippen LogP contribution is 2.09. The highest BCUT2D eigenvalue weighted by Gasteiger charge is 2.12. The fraction of sp³-hybridized carbons (Fsp3) is 0.889. The molecular weight excluding hydrogens is 136 g/mol. The van der Waals surface area contributed by atoms with Crippen LogP contribution in [0.4, 0.5) is 0 Å². The fourth-order valence-electron chi connectivity index (χ4n) is 0.852. The number of aliphatic imine (C=N–C) groups is 1. The van der Waals surface area contributed by atoms with E-state index in [0.29, 0.717) is 6.04 Å². The van der Waals surface area contributed by atoms with Gasteiger partial charge in [-0.3, -0.25) is 4.99 Å². The van der Waals surface area contributed by atoms with Crippen molar-refractivity contribution in [2.45, 2.75) is 33.7 Å². The first-order chi connectivity index (χ1) is 4.98. The average Bonchev–Trinajstić information content (AvgIpc) is 1.84. The summed E-state index contributed by atoms with van der Waals surface area (Å²) in [6.45, 7) is 9.51. The van der Waals surface area contributed by atoms with E-state index < -0.39 is 0 Å². The van der Waals surface area contributed by atoms with Gasteiger partial charge in [0.1, 0.15) is 0 Å². The maximum absolute atomic E-state index is 4.35. The number of hydrogen-bond donors (Lipinski definition) is 1. The molecular formula is C9H20N2. The SMILES string of the molecule is CNCC(C)(C)C=NC(C)C. The van der Waals surface area contributed by atoms with Gasteiger partial charge in [0, 0.05) is 24.2 Å². The van der Waals surface area contributed by atoms with Gasteiger partial charge in [-0.15, -0.1) is 0 Å². The van der Waals surface area contributed by atoms with E-state index in [9.17, 15) is 0 Å². The Hall–Kier alpha value is -0.370. The number of hydrogen-bond acceptors (Lipinski definition) is 2. The van der Waals surface area contributed by atoms with Crippen molar-refractivity contribution in [2.75, 3.05) is 13.6 Å². The fourth-order valence-corrected chi connectivity index (χ4v) is 0.852. The summed E-state index contributed by atoms with van der Waals surface area (Å²) in [5.74, 6) is 0. The van der Waals surface area contributed by atoms with Gasteiger partial charge in [-0.1, -0.05) is 13.8 Å². The third-order valence-corrected chi connectivity index (χ3v) is 1.35. The largest absolute Gasteiger partial charge is 0.319 e. The molecule has 0 aromatic rings. The Bertz CT molecular complexity index is 126. The summed E-state index contributed by atoms with van der Waals surface area (Å²) in [6.07, 6.45) is 2.04. The minimum absolute atomic E-state index is 0.180. The molecule has 11 heavy (non-hydrogen) atoms. The van der Waals surface area contributed by atoms with E-state index in [4.69, 9.17) is 0 Å². The lowest BCUT2D eigenvalue weighted by atomic mass is 9.95. The summed E-state index contributed by atoms with van der Waals surface area (Å²) < 4.78 is 0. The lowest BCUT2D eigenvalue weighted by Crippen LogP contribution is -2.28. The van der Waals surface area contributed by atoms with E-state index in [-0.39, 0.29) is 5.41 Å². The van der Waals surface area contributed by atoms with E-state index in [1.165, 1.54) is 0 Å². The van der Waals surface area contributed by atoms with Crippen LogP contribution in [0.25, 0.3) is 0 Å². The van der Waals surface area contributed by atoms with Gasteiger partial charge in [0.25, 0.3) is 0 Å². The maximum Gasteiger partial charge on any atom is 0.0439 e. The standard InChI is InChI=1S/C9H20N2/c1-8(2)11-7-9(3,4)6-10-5/h7-8,10H,6H2,1-5H3. The summed E-state index contributed by atoms with van der Waals surface area (Å²) in [7, 11) is 1.96. The van der Waals surface area contributed by atoms with Crippen molar-refractivity contribution >= 4 is 6.21 Å². The van der Waals surface area contributed by atoms with Crippen LogP contribution in [-0.2, 0) is 0 Å². The molecule has 0 unspecified atom stereocenters. The van der Waals surface area contributed by atoms with Crippen LogP contribution in [0.2, 0.25) is 0 Å². The zero-order chi connectivity index (χ0) is 8.91. The second-order valence-electron chi connectivity index (χ2n) is 3.89. The van der Waals surface area contributed by atoms with E-state index in [0.717, 1.165) is 6.54 Å². The Kier molecular flexibility index (Phi) is 4.34. The molecule has 0 aliphatic carbocycles. The molecule has 0 fully saturated rings. The molecule has 0 amide bonds. The van der Waals surface area contributed by atoms with Gasteiger partial charge in [-0.2, -0.15) is 0 Å². The topological polar surface area (TPSA) is 24.4 Å². The minimum atomic E-state index is 0.180. The van der Waals surface area contributed by atoms with Crippen LogP contribution in [0, 0.1) is 5.41 Å². The summed E-state index contributed by atoms with van der Waals surface area (Å²) in [4.78, 5) is 4.35. The molecule has 0 saturated carbocycles. The summed E-state index contributed by atoms with van der Waals surface area (Å²) >= 11 is 0. The summed E-state index contributed by atoms with van der Waals surface area (Å²) in [5.41, 5.74) is 0.180. The number of rotatable bonds is 4. The maximum atomic E-state index is 4.35. The highest BCUT2D eigenvalue weighted by atomic mass is 14.8. The summed E-state index contributed by atoms with van der Waals surface area (Å²) in [6, 6.07) is 0.408. The van der Waals surface area contributed by atoms with Gasteiger partial charge < -0.3 is 5.32 Å². The Balaban J connectivity index is 3.89. The third-order valence-electron chi connectivity index (χ3n) is 1.35. The molecule has 0 radical (unpaired) electrons. The molecule has 0 aliphatic rings. The lowest BCUT2D eigenvalue weighted by Gasteiger charge is -2.18. The summed E-state index contributed by atoms with van der Waals surface area (Å²) in [5, 5.41) is 3.14. The minimum Gasteiger partial charge on any atom is -0.319 e. The third kappa shape index (κ3) is 6.05. The Morgan fingerprint density at radius 2 is 2.00 bits per heavy atom. The first-order valence-corrected chi connectivity index (χ1v) is 4.17. The van der Waals surface area contributed by atoms with Gasteiger partial charge in [0.05, 0.1) is 0 Å². The first-order valence-electron chi connectivity index (χ1n) is 4.17. The predicted molar refractivity (Wildman–Crippen MR) is 51.3 cm³/mol. The van der Waals surface area contributed by atoms with Crippen molar-refractivity contribution in [3.05, 3.63) is 0 Å². The van der Waals surface area contributed by atoms with E-state index in [1.54, 1.807) is 0 Å². The quantitative estimate of drug-likeness (QED) is 0.616. The van der Waals surface area contributed by atoms with Gasteiger partial charge in [-0.05, 0) is 20.9 Å². The van der Waals surface area contributed by atoms with Crippen LogP contribution in [0.3, 0.4) is 0 Å². The van der Waals surface area contributed by atoms with Crippen LogP contribution in [0.15, 0.2) is 4.99 Å². The Morgan fingerprint density at radius 3 is 2.36 bits per heavy atom. The van der Waals surface area contributed by atoms with Gasteiger partial charge >= 0.3 is 0 Å². The molecule has 0 heterocycles. The molecule has 2 nitrogen and oxygen atoms in total. The molecule has 0 atom stereocenters. The predicted octanol–water partition coefficient (Wildman–Crippen LogP) is 1.71. The van der Waals surface area contributed by atoms with E-state index in [1.807, 2.05) is 13.3 Å². The normalized spacial score (nSPS) is 13.3. The molecule has 0 spiro atoms. The molecule has 0 aliphatic heterocycles. The van der Waals surface area contributed by atoms with Crippen LogP contribution in [0.5, 0.6) is 0 Å². The average molecular weight is 156 g/mol. The van der Waals surface area contributed by atoms with Crippen molar-refractivity contribution in [1.82, 2.24) is 5.32 Å². The Morgan fingerprint density at radius 1 is 1.45 bits per heavy atom. The zero-order valence-corrected chi connectivity index (χ0v) is 8.31. The first kappa shape index (κ1) is 10.6. The molecule has 2 heteroatoms. The van der Waals surface area contributed by atoms with E-state index in [2.05, 4.69) is 38.0 Å². The monoisotopic (exact) mass is 156 g/mol. The smallest absolute Gasteiger partial charge is 0.0439 e.